The third-order valence-corrected chi connectivity index (χ3v) is 4.54. The van der Waals surface area contributed by atoms with Crippen molar-refractivity contribution in [2.75, 3.05) is 7.11 Å². The lowest BCUT2D eigenvalue weighted by molar-refractivity contribution is 0.0730. The Morgan fingerprint density at radius 2 is 1.65 bits per heavy atom. The quantitative estimate of drug-likeness (QED) is 0.241. The number of hydrogen-bond acceptors (Lipinski definition) is 6. The number of hydrazone groups is 1. The molecule has 0 aliphatic heterocycles. The topological polar surface area (TPSA) is 97.2 Å². The van der Waals surface area contributed by atoms with Gasteiger partial charge in [-0.1, -0.05) is 35.3 Å². The highest BCUT2D eigenvalue weighted by Gasteiger charge is 2.17. The normalized spacial score (nSPS) is 10.7. The molecule has 0 spiro atoms. The van der Waals surface area contributed by atoms with E-state index in [0.717, 1.165) is 0 Å². The second-order valence-electron chi connectivity index (χ2n) is 6.13. The van der Waals surface area contributed by atoms with Crippen LogP contribution in [0.2, 0.25) is 10.0 Å². The number of para-hydroxylation sites is 1. The van der Waals surface area contributed by atoms with Crippen LogP contribution in [0, 0.1) is 0 Å². The molecule has 0 aliphatic carbocycles. The first-order valence-electron chi connectivity index (χ1n) is 8.85. The van der Waals surface area contributed by atoms with Crippen LogP contribution in [0.15, 0.2) is 65.8 Å². The Kier molecular flexibility index (Phi) is 7.12. The van der Waals surface area contributed by atoms with Crippen LogP contribution in [0.5, 0.6) is 17.2 Å². The summed E-state index contributed by atoms with van der Waals surface area (Å²) in [6, 6.07) is 15.1. The number of aromatic hydroxyl groups is 1. The summed E-state index contributed by atoms with van der Waals surface area (Å²) in [6.07, 6.45) is 1.27. The predicted molar refractivity (Wildman–Crippen MR) is 118 cm³/mol. The number of carbonyl (C=O) groups excluding carboxylic acids is 2. The lowest BCUT2D eigenvalue weighted by Gasteiger charge is -2.11. The van der Waals surface area contributed by atoms with E-state index in [0.29, 0.717) is 21.4 Å². The van der Waals surface area contributed by atoms with Crippen molar-refractivity contribution in [1.29, 1.82) is 0 Å². The van der Waals surface area contributed by atoms with Gasteiger partial charge >= 0.3 is 5.97 Å². The van der Waals surface area contributed by atoms with Crippen molar-refractivity contribution in [1.82, 2.24) is 5.43 Å². The van der Waals surface area contributed by atoms with Crippen LogP contribution in [0.1, 0.15) is 26.3 Å². The van der Waals surface area contributed by atoms with E-state index in [1.165, 1.54) is 49.7 Å². The maximum Gasteiger partial charge on any atom is 0.347 e. The molecule has 0 fully saturated rings. The summed E-state index contributed by atoms with van der Waals surface area (Å²) in [6.45, 7) is 0. The van der Waals surface area contributed by atoms with Crippen molar-refractivity contribution >= 4 is 41.3 Å². The van der Waals surface area contributed by atoms with E-state index in [9.17, 15) is 14.7 Å². The Morgan fingerprint density at radius 3 is 2.35 bits per heavy atom. The molecule has 2 N–H and O–H groups in total. The van der Waals surface area contributed by atoms with Crippen molar-refractivity contribution < 1.29 is 24.2 Å². The van der Waals surface area contributed by atoms with Crippen molar-refractivity contribution in [2.45, 2.75) is 0 Å². The Bertz CT molecular complexity index is 1160. The average Bonchev–Trinajstić information content (AvgIpc) is 2.75. The third kappa shape index (κ3) is 5.53. The van der Waals surface area contributed by atoms with Crippen molar-refractivity contribution in [3.05, 3.63) is 87.4 Å². The number of hydrogen-bond donors (Lipinski definition) is 2. The second kappa shape index (κ2) is 9.97. The molecule has 0 bridgehead atoms. The lowest BCUT2D eigenvalue weighted by atomic mass is 10.2. The maximum absolute atomic E-state index is 12.7. The van der Waals surface area contributed by atoms with Gasteiger partial charge in [0.1, 0.15) is 22.8 Å². The molecule has 9 heteroatoms. The number of phenolic OH excluding ortho intramolecular Hbond substituents is 1. The van der Waals surface area contributed by atoms with E-state index in [1.807, 2.05) is 0 Å². The van der Waals surface area contributed by atoms with Gasteiger partial charge in [0.25, 0.3) is 5.91 Å². The standard InChI is InChI=1S/C22H16Cl2N2O5/c1-30-20-9-7-15(24)11-17(20)22(29)31-19-8-6-14(23)10-13(19)12-25-26-21(28)16-4-2-3-5-18(16)27/h2-12,27H,1H3,(H,26,28)/b25-12+. The molecular formula is C22H16Cl2N2O5. The van der Waals surface area contributed by atoms with E-state index >= 15 is 0 Å². The van der Waals surface area contributed by atoms with Gasteiger partial charge in [0.15, 0.2) is 0 Å². The van der Waals surface area contributed by atoms with Crippen LogP contribution in [-0.4, -0.2) is 30.3 Å². The van der Waals surface area contributed by atoms with E-state index in [1.54, 1.807) is 24.3 Å². The minimum Gasteiger partial charge on any atom is -0.507 e. The summed E-state index contributed by atoms with van der Waals surface area (Å²) in [4.78, 5) is 24.8. The number of esters is 1. The zero-order valence-electron chi connectivity index (χ0n) is 16.1. The number of methoxy groups -OCH3 is 1. The molecular weight excluding hydrogens is 443 g/mol. The summed E-state index contributed by atoms with van der Waals surface area (Å²) in [7, 11) is 1.42. The van der Waals surface area contributed by atoms with Crippen molar-refractivity contribution in [3.63, 3.8) is 0 Å². The van der Waals surface area contributed by atoms with Crippen LogP contribution in [0.4, 0.5) is 0 Å². The molecule has 31 heavy (non-hydrogen) atoms. The van der Waals surface area contributed by atoms with Gasteiger partial charge in [0.05, 0.1) is 18.9 Å². The molecule has 3 rings (SSSR count). The third-order valence-electron chi connectivity index (χ3n) is 4.07. The maximum atomic E-state index is 12.7. The van der Waals surface area contributed by atoms with Crippen molar-refractivity contribution in [2.24, 2.45) is 5.10 Å². The number of amides is 1. The fourth-order valence-electron chi connectivity index (χ4n) is 2.59. The van der Waals surface area contributed by atoms with E-state index in [4.69, 9.17) is 32.7 Å². The van der Waals surface area contributed by atoms with E-state index in [2.05, 4.69) is 10.5 Å². The Labute approximate surface area is 187 Å². The van der Waals surface area contributed by atoms with Gasteiger partial charge in [-0.2, -0.15) is 5.10 Å². The molecule has 3 aromatic rings. The number of carbonyl (C=O) groups is 2. The monoisotopic (exact) mass is 458 g/mol. The van der Waals surface area contributed by atoms with Gasteiger partial charge in [0.2, 0.25) is 0 Å². The first kappa shape index (κ1) is 22.1. The number of benzene rings is 3. The molecule has 0 aromatic heterocycles. The number of phenols is 1. The molecule has 7 nitrogen and oxygen atoms in total. The number of halogens is 2. The molecule has 0 saturated heterocycles. The molecule has 0 unspecified atom stereocenters. The molecule has 0 radical (unpaired) electrons. The molecule has 0 atom stereocenters. The smallest absolute Gasteiger partial charge is 0.347 e. The largest absolute Gasteiger partial charge is 0.507 e. The van der Waals surface area contributed by atoms with Gasteiger partial charge in [-0.05, 0) is 48.5 Å². The number of nitrogens with zero attached hydrogens (tertiary/aromatic N) is 1. The lowest BCUT2D eigenvalue weighted by Crippen LogP contribution is -2.18. The average molecular weight is 459 g/mol. The van der Waals surface area contributed by atoms with Crippen molar-refractivity contribution in [3.8, 4) is 17.2 Å². The second-order valence-corrected chi connectivity index (χ2v) is 7.01. The van der Waals surface area contributed by atoms with Gasteiger partial charge < -0.3 is 14.6 Å². The SMILES string of the molecule is COc1ccc(Cl)cc1C(=O)Oc1ccc(Cl)cc1/C=N/NC(=O)c1ccccc1O. The van der Waals surface area contributed by atoms with Crippen LogP contribution < -0.4 is 14.9 Å². The Balaban J connectivity index is 1.80. The molecule has 0 aliphatic rings. The fourth-order valence-corrected chi connectivity index (χ4v) is 2.95. The Morgan fingerprint density at radius 1 is 0.968 bits per heavy atom. The van der Waals surface area contributed by atoms with Gasteiger partial charge in [-0.25, -0.2) is 10.2 Å². The number of rotatable bonds is 6. The summed E-state index contributed by atoms with van der Waals surface area (Å²) in [5, 5.41) is 14.3. The first-order chi connectivity index (χ1) is 14.9. The van der Waals surface area contributed by atoms with Crippen LogP contribution in [0.25, 0.3) is 0 Å². The van der Waals surface area contributed by atoms with Gasteiger partial charge in [-0.3, -0.25) is 4.79 Å². The summed E-state index contributed by atoms with van der Waals surface area (Å²) in [5.41, 5.74) is 2.83. The minimum absolute atomic E-state index is 0.0606. The van der Waals surface area contributed by atoms with Gasteiger partial charge in [-0.15, -0.1) is 0 Å². The summed E-state index contributed by atoms with van der Waals surface area (Å²) < 4.78 is 10.6. The zero-order chi connectivity index (χ0) is 22.4. The number of nitrogens with one attached hydrogen (secondary N) is 1. The highest BCUT2D eigenvalue weighted by atomic mass is 35.5. The highest BCUT2D eigenvalue weighted by molar-refractivity contribution is 6.31. The fraction of sp³-hybridized carbons (Fsp3) is 0.0455. The van der Waals surface area contributed by atoms with Crippen LogP contribution >= 0.6 is 23.2 Å². The molecule has 0 saturated carbocycles. The highest BCUT2D eigenvalue weighted by Crippen LogP contribution is 2.27. The van der Waals surface area contributed by atoms with E-state index in [-0.39, 0.29) is 22.6 Å². The van der Waals surface area contributed by atoms with E-state index < -0.39 is 11.9 Å². The summed E-state index contributed by atoms with van der Waals surface area (Å²) in [5.74, 6) is -1.04. The molecule has 3 aromatic carbocycles. The molecule has 158 valence electrons. The predicted octanol–water partition coefficient (Wildman–Crippen LogP) is 4.69. The Hall–Kier alpha value is -3.55. The first-order valence-corrected chi connectivity index (χ1v) is 9.61. The van der Waals surface area contributed by atoms with Gasteiger partial charge in [0, 0.05) is 15.6 Å². The van der Waals surface area contributed by atoms with Crippen LogP contribution in [0.3, 0.4) is 0 Å². The molecule has 0 heterocycles. The van der Waals surface area contributed by atoms with Crippen LogP contribution in [-0.2, 0) is 0 Å². The molecule has 1 amide bonds. The zero-order valence-corrected chi connectivity index (χ0v) is 17.6. The minimum atomic E-state index is -0.699. The number of ether oxygens (including phenoxy) is 2. The summed E-state index contributed by atoms with van der Waals surface area (Å²) >= 11 is 12.0.